The number of nitrogens with two attached hydrogens (primary N) is 2. The lowest BCUT2D eigenvalue weighted by Crippen LogP contribution is -3.00. The van der Waals surface area contributed by atoms with Gasteiger partial charge in [0.15, 0.2) is 17.7 Å². The molecule has 6 atom stereocenters. The van der Waals surface area contributed by atoms with Gasteiger partial charge < -0.3 is 48.5 Å². The molecule has 1 aliphatic rings. The van der Waals surface area contributed by atoms with E-state index in [0.29, 0.717) is 29.1 Å². The number of ether oxygens (including phenoxy) is 1. The van der Waals surface area contributed by atoms with Crippen LogP contribution in [-0.2, 0) is 20.4 Å². The number of carboxylic acid groups (broad SMARTS) is 1. The van der Waals surface area contributed by atoms with Crippen molar-refractivity contribution in [2.24, 2.45) is 5.73 Å². The summed E-state index contributed by atoms with van der Waals surface area (Å²) in [4.78, 5) is 23.0. The second-order valence-corrected chi connectivity index (χ2v) is 8.82. The number of hydrogen-bond acceptors (Lipinski definition) is 9. The van der Waals surface area contributed by atoms with Crippen LogP contribution >= 0.6 is 0 Å². The van der Waals surface area contributed by atoms with Gasteiger partial charge in [0, 0.05) is 6.42 Å². The first-order valence-corrected chi connectivity index (χ1v) is 10.3. The number of aromatic nitrogens is 4. The fraction of sp³-hybridized carbons (Fsp3) is 0.600. The lowest BCUT2D eigenvalue weighted by atomic mass is 10.1. The Bertz CT molecular complexity index is 825. The molecule has 1 aliphatic heterocycles. The highest BCUT2D eigenvalue weighted by Crippen LogP contribution is 2.32. The van der Waals surface area contributed by atoms with Gasteiger partial charge in [-0.1, -0.05) is 0 Å². The number of nitrogens with zero attached hydrogens (tertiary/aromatic N) is 4. The molecular formula is C15H23BrN6O5S. The van der Waals surface area contributed by atoms with E-state index in [1.807, 2.05) is 6.26 Å². The second kappa shape index (κ2) is 9.33. The van der Waals surface area contributed by atoms with Crippen LogP contribution in [0.1, 0.15) is 12.6 Å². The smallest absolute Gasteiger partial charge is 0.320 e. The number of nitrogen functional groups attached to an aromatic ring is 1. The predicted molar refractivity (Wildman–Crippen MR) is 98.9 cm³/mol. The zero-order chi connectivity index (χ0) is 19.7. The molecule has 2 aromatic heterocycles. The van der Waals surface area contributed by atoms with Gasteiger partial charge in [-0.3, -0.25) is 9.36 Å². The second-order valence-electron chi connectivity index (χ2n) is 6.51. The van der Waals surface area contributed by atoms with Crippen molar-refractivity contribution in [2.45, 2.75) is 37.0 Å². The number of anilines is 1. The van der Waals surface area contributed by atoms with Crippen LogP contribution < -0.4 is 28.4 Å². The number of aliphatic hydroxyl groups is 2. The van der Waals surface area contributed by atoms with E-state index in [1.165, 1.54) is 17.2 Å². The minimum absolute atomic E-state index is 0. The van der Waals surface area contributed by atoms with Gasteiger partial charge in [0.05, 0.1) is 12.6 Å². The molecule has 3 heterocycles. The number of imidazole rings is 1. The summed E-state index contributed by atoms with van der Waals surface area (Å²) >= 11 is 0. The molecule has 13 heteroatoms. The quantitative estimate of drug-likeness (QED) is 0.241. The Labute approximate surface area is 174 Å². The highest BCUT2D eigenvalue weighted by Gasteiger charge is 2.46. The van der Waals surface area contributed by atoms with Crippen molar-refractivity contribution in [3.05, 3.63) is 12.7 Å². The van der Waals surface area contributed by atoms with Crippen LogP contribution in [0.3, 0.4) is 0 Å². The molecule has 0 spiro atoms. The summed E-state index contributed by atoms with van der Waals surface area (Å²) in [6.45, 7) is 0. The normalized spacial score (nSPS) is 26.7. The third-order valence-electron chi connectivity index (χ3n) is 4.54. The first-order chi connectivity index (χ1) is 12.8. The molecule has 28 heavy (non-hydrogen) atoms. The molecule has 1 fully saturated rings. The maximum Gasteiger partial charge on any atom is 0.320 e. The molecule has 1 unspecified atom stereocenters. The summed E-state index contributed by atoms with van der Waals surface area (Å²) in [6.07, 6.45) is 1.31. The molecule has 1 saturated heterocycles. The summed E-state index contributed by atoms with van der Waals surface area (Å²) in [5.74, 6) is 0.254. The number of carboxylic acids is 1. The molecule has 2 aromatic rings. The molecule has 0 radical (unpaired) electrons. The van der Waals surface area contributed by atoms with Gasteiger partial charge in [-0.05, 0) is 10.9 Å². The number of hydrogen-bond donors (Lipinski definition) is 5. The monoisotopic (exact) mass is 478 g/mol. The van der Waals surface area contributed by atoms with Gasteiger partial charge in [0.2, 0.25) is 0 Å². The molecule has 0 amide bonds. The van der Waals surface area contributed by atoms with Gasteiger partial charge in [0.1, 0.15) is 47.7 Å². The topological polar surface area (TPSA) is 183 Å². The third kappa shape index (κ3) is 4.55. The Morgan fingerprint density at radius 2 is 2.07 bits per heavy atom. The van der Waals surface area contributed by atoms with Crippen LogP contribution in [0.15, 0.2) is 12.7 Å². The Morgan fingerprint density at radius 3 is 2.75 bits per heavy atom. The molecule has 0 aromatic carbocycles. The Kier molecular flexibility index (Phi) is 7.59. The van der Waals surface area contributed by atoms with Crippen molar-refractivity contribution in [1.82, 2.24) is 19.5 Å². The molecule has 0 aliphatic carbocycles. The van der Waals surface area contributed by atoms with Gasteiger partial charge in [-0.15, -0.1) is 0 Å². The number of carbonyl (C=O) groups is 1. The maximum absolute atomic E-state index is 10.8. The summed E-state index contributed by atoms with van der Waals surface area (Å²) in [7, 11) is -0.235. The SMILES string of the molecule is C[S+](CC[C@H](N)C(=O)O)C[C@H]1O[C@@H](n2cnc3c(N)ncnc32)[C@H](O)[C@@H]1O.[Br-]. The molecule has 11 nitrogen and oxygen atoms in total. The zero-order valence-electron chi connectivity index (χ0n) is 15.1. The maximum atomic E-state index is 10.8. The van der Waals surface area contributed by atoms with E-state index in [0.717, 1.165) is 0 Å². The van der Waals surface area contributed by atoms with E-state index in [9.17, 15) is 15.0 Å². The fourth-order valence-corrected chi connectivity index (χ4v) is 4.63. The summed E-state index contributed by atoms with van der Waals surface area (Å²) in [6, 6.07) is -0.907. The van der Waals surface area contributed by atoms with Gasteiger partial charge >= 0.3 is 5.97 Å². The molecule has 0 saturated carbocycles. The van der Waals surface area contributed by atoms with Crippen LogP contribution in [0.2, 0.25) is 0 Å². The van der Waals surface area contributed by atoms with Crippen molar-refractivity contribution in [2.75, 3.05) is 23.5 Å². The molecular weight excluding hydrogens is 456 g/mol. The fourth-order valence-electron chi connectivity index (χ4n) is 2.97. The minimum Gasteiger partial charge on any atom is -1.00 e. The Hall–Kier alpha value is -1.51. The van der Waals surface area contributed by atoms with E-state index in [-0.39, 0.29) is 33.7 Å². The lowest BCUT2D eigenvalue weighted by molar-refractivity contribution is -0.138. The highest BCUT2D eigenvalue weighted by atomic mass is 79.9. The van der Waals surface area contributed by atoms with Crippen molar-refractivity contribution < 1.29 is 41.8 Å². The first-order valence-electron chi connectivity index (χ1n) is 8.31. The first kappa shape index (κ1) is 22.8. The average molecular weight is 479 g/mol. The predicted octanol–water partition coefficient (Wildman–Crippen LogP) is -4.92. The van der Waals surface area contributed by atoms with E-state index in [4.69, 9.17) is 21.3 Å². The lowest BCUT2D eigenvalue weighted by Gasteiger charge is -2.16. The van der Waals surface area contributed by atoms with Gasteiger partial charge in [0.25, 0.3) is 0 Å². The molecule has 0 bridgehead atoms. The summed E-state index contributed by atoms with van der Waals surface area (Å²) in [5.41, 5.74) is 12.1. The standard InChI is InChI=1S/C15H22N6O5S.BrH/c1-27(3-2-7(16)15(24)25)4-8-10(22)11(23)14(26-8)21-6-20-9-12(17)18-5-19-13(9)21;/h5-8,10-11,14,22-23H,2-4,16H2,1H3,(H2-,17,18,19,24,25);1H/t7-,8+,10+,11+,14+,27?;/m0./s1. The number of halogens is 1. The molecule has 3 rings (SSSR count). The highest BCUT2D eigenvalue weighted by molar-refractivity contribution is 7.96. The van der Waals surface area contributed by atoms with E-state index < -0.39 is 36.6 Å². The Balaban J connectivity index is 0.00000280. The van der Waals surface area contributed by atoms with E-state index in [2.05, 4.69) is 15.0 Å². The number of aliphatic hydroxyl groups excluding tert-OH is 2. The largest absolute Gasteiger partial charge is 1.00 e. The van der Waals surface area contributed by atoms with Crippen LogP contribution in [0.4, 0.5) is 5.82 Å². The van der Waals surface area contributed by atoms with E-state index in [1.54, 1.807) is 0 Å². The third-order valence-corrected chi connectivity index (χ3v) is 6.37. The van der Waals surface area contributed by atoms with Gasteiger partial charge in [-0.2, -0.15) is 0 Å². The number of aliphatic carboxylic acids is 1. The molecule has 156 valence electrons. The van der Waals surface area contributed by atoms with E-state index >= 15 is 0 Å². The average Bonchev–Trinajstić information content (AvgIpc) is 3.17. The van der Waals surface area contributed by atoms with Crippen molar-refractivity contribution >= 4 is 33.8 Å². The Morgan fingerprint density at radius 1 is 1.36 bits per heavy atom. The van der Waals surface area contributed by atoms with Crippen molar-refractivity contribution in [3.63, 3.8) is 0 Å². The summed E-state index contributed by atoms with van der Waals surface area (Å²) in [5, 5.41) is 29.7. The van der Waals surface area contributed by atoms with Crippen molar-refractivity contribution in [3.8, 4) is 0 Å². The van der Waals surface area contributed by atoms with Crippen LogP contribution in [-0.4, -0.2) is 82.9 Å². The van der Waals surface area contributed by atoms with Crippen LogP contribution in [0.5, 0.6) is 0 Å². The van der Waals surface area contributed by atoms with Crippen LogP contribution in [0.25, 0.3) is 11.2 Å². The number of rotatable bonds is 7. The zero-order valence-corrected chi connectivity index (χ0v) is 17.5. The number of fused-ring (bicyclic) bond motifs is 1. The van der Waals surface area contributed by atoms with Gasteiger partial charge in [-0.25, -0.2) is 15.0 Å². The van der Waals surface area contributed by atoms with Crippen LogP contribution in [0, 0.1) is 0 Å². The summed E-state index contributed by atoms with van der Waals surface area (Å²) < 4.78 is 7.41. The van der Waals surface area contributed by atoms with Crippen molar-refractivity contribution in [1.29, 1.82) is 0 Å². The minimum atomic E-state index is -1.16. The molecule has 7 N–H and O–H groups in total.